The third-order valence-corrected chi connectivity index (χ3v) is 2.70. The number of rotatable bonds is 3. The molecule has 0 bridgehead atoms. The molecule has 1 atom stereocenters. The van der Waals surface area contributed by atoms with Gasteiger partial charge in [0.05, 0.1) is 11.8 Å². The zero-order valence-corrected chi connectivity index (χ0v) is 9.56. The molecular formula is C12H15N3O2. The van der Waals surface area contributed by atoms with Crippen LogP contribution in [0.4, 0.5) is 5.69 Å². The number of nitrogens with zero attached hydrogens (tertiary/aromatic N) is 2. The average molecular weight is 233 g/mol. The van der Waals surface area contributed by atoms with E-state index in [1.54, 1.807) is 12.1 Å². The summed E-state index contributed by atoms with van der Waals surface area (Å²) in [5.41, 5.74) is 6.14. The van der Waals surface area contributed by atoms with Gasteiger partial charge in [0.15, 0.2) is 5.69 Å². The summed E-state index contributed by atoms with van der Waals surface area (Å²) in [4.78, 5) is 4.01. The monoisotopic (exact) mass is 233 g/mol. The molecule has 0 spiro atoms. The number of nitriles is 1. The molecule has 17 heavy (non-hydrogen) atoms. The Hall–Kier alpha value is -1.80. The standard InChI is InChI=1S/C12H15N3O2/c13-7-11-10(14)4-5-12(15-11)17-8-9-3-1-2-6-16-9/h4-5,9H,1-3,6,8,14H2. The maximum Gasteiger partial charge on any atom is 0.214 e. The van der Waals surface area contributed by atoms with E-state index in [0.717, 1.165) is 19.4 Å². The van der Waals surface area contributed by atoms with Crippen molar-refractivity contribution in [3.63, 3.8) is 0 Å². The zero-order chi connectivity index (χ0) is 12.1. The average Bonchev–Trinajstić information content (AvgIpc) is 2.39. The molecule has 1 fully saturated rings. The van der Waals surface area contributed by atoms with Crippen molar-refractivity contribution in [1.29, 1.82) is 5.26 Å². The van der Waals surface area contributed by atoms with Gasteiger partial charge in [-0.05, 0) is 25.3 Å². The largest absolute Gasteiger partial charge is 0.475 e. The minimum atomic E-state index is 0.133. The lowest BCUT2D eigenvalue weighted by molar-refractivity contribution is -0.0119. The minimum Gasteiger partial charge on any atom is -0.475 e. The van der Waals surface area contributed by atoms with Gasteiger partial charge in [0.1, 0.15) is 12.7 Å². The molecule has 1 aromatic heterocycles. The van der Waals surface area contributed by atoms with Crippen molar-refractivity contribution in [3.05, 3.63) is 17.8 Å². The SMILES string of the molecule is N#Cc1nc(OCC2CCCCO2)ccc1N. The first kappa shape index (κ1) is 11.7. The number of nitrogens with two attached hydrogens (primary N) is 1. The summed E-state index contributed by atoms with van der Waals surface area (Å²) < 4.78 is 11.0. The van der Waals surface area contributed by atoms with E-state index in [9.17, 15) is 0 Å². The molecule has 1 aromatic rings. The molecule has 1 saturated heterocycles. The van der Waals surface area contributed by atoms with Crippen LogP contribution in [-0.4, -0.2) is 24.3 Å². The van der Waals surface area contributed by atoms with E-state index in [4.69, 9.17) is 20.5 Å². The number of anilines is 1. The number of pyridine rings is 1. The van der Waals surface area contributed by atoms with Crippen molar-refractivity contribution < 1.29 is 9.47 Å². The Morgan fingerprint density at radius 2 is 2.41 bits per heavy atom. The van der Waals surface area contributed by atoms with Crippen molar-refractivity contribution in [2.24, 2.45) is 0 Å². The molecule has 0 aromatic carbocycles. The first-order valence-corrected chi connectivity index (χ1v) is 5.70. The molecule has 2 N–H and O–H groups in total. The summed E-state index contributed by atoms with van der Waals surface area (Å²) in [6.45, 7) is 1.27. The highest BCUT2D eigenvalue weighted by Crippen LogP contribution is 2.17. The molecule has 90 valence electrons. The molecule has 5 nitrogen and oxygen atoms in total. The fraction of sp³-hybridized carbons (Fsp3) is 0.500. The summed E-state index contributed by atoms with van der Waals surface area (Å²) in [5, 5.41) is 8.79. The van der Waals surface area contributed by atoms with E-state index in [-0.39, 0.29) is 11.8 Å². The van der Waals surface area contributed by atoms with E-state index in [1.807, 2.05) is 6.07 Å². The molecule has 0 amide bonds. The van der Waals surface area contributed by atoms with E-state index < -0.39 is 0 Å². The Labute approximate surface area is 100 Å². The van der Waals surface area contributed by atoms with Gasteiger partial charge in [0, 0.05) is 12.7 Å². The first-order valence-electron chi connectivity index (χ1n) is 5.70. The third kappa shape index (κ3) is 3.08. The highest BCUT2D eigenvalue weighted by atomic mass is 16.5. The Morgan fingerprint density at radius 3 is 3.12 bits per heavy atom. The fourth-order valence-corrected chi connectivity index (χ4v) is 1.74. The maximum atomic E-state index is 8.79. The van der Waals surface area contributed by atoms with Gasteiger partial charge in [0.25, 0.3) is 0 Å². The molecule has 2 heterocycles. The summed E-state index contributed by atoms with van der Waals surface area (Å²) >= 11 is 0. The fourth-order valence-electron chi connectivity index (χ4n) is 1.74. The first-order chi connectivity index (χ1) is 8.29. The normalized spacial score (nSPS) is 19.6. The smallest absolute Gasteiger partial charge is 0.214 e. The van der Waals surface area contributed by atoms with Crippen LogP contribution in [0.15, 0.2) is 12.1 Å². The minimum absolute atomic E-state index is 0.133. The summed E-state index contributed by atoms with van der Waals surface area (Å²) in [6.07, 6.45) is 3.44. The van der Waals surface area contributed by atoms with E-state index in [2.05, 4.69) is 4.98 Å². The highest BCUT2D eigenvalue weighted by Gasteiger charge is 2.14. The highest BCUT2D eigenvalue weighted by molar-refractivity contribution is 5.50. The van der Waals surface area contributed by atoms with Gasteiger partial charge in [-0.25, -0.2) is 4.98 Å². The van der Waals surface area contributed by atoms with Crippen molar-refractivity contribution >= 4 is 5.69 Å². The molecule has 1 aliphatic rings. The number of hydrogen-bond acceptors (Lipinski definition) is 5. The van der Waals surface area contributed by atoms with Gasteiger partial charge in [0.2, 0.25) is 5.88 Å². The maximum absolute atomic E-state index is 8.79. The van der Waals surface area contributed by atoms with E-state index in [1.165, 1.54) is 6.42 Å². The predicted molar refractivity (Wildman–Crippen MR) is 62.5 cm³/mol. The van der Waals surface area contributed by atoms with Crippen LogP contribution in [-0.2, 0) is 4.74 Å². The molecule has 5 heteroatoms. The lowest BCUT2D eigenvalue weighted by Gasteiger charge is -2.22. The molecule has 2 rings (SSSR count). The topological polar surface area (TPSA) is 81.2 Å². The summed E-state index contributed by atoms with van der Waals surface area (Å²) in [7, 11) is 0. The zero-order valence-electron chi connectivity index (χ0n) is 9.56. The van der Waals surface area contributed by atoms with E-state index in [0.29, 0.717) is 18.2 Å². The van der Waals surface area contributed by atoms with Crippen LogP contribution in [0.25, 0.3) is 0 Å². The summed E-state index contributed by atoms with van der Waals surface area (Å²) in [6, 6.07) is 5.22. The Balaban J connectivity index is 1.92. The second kappa shape index (κ2) is 5.51. The van der Waals surface area contributed by atoms with Crippen molar-refractivity contribution in [2.75, 3.05) is 18.9 Å². The van der Waals surface area contributed by atoms with Gasteiger partial charge in [-0.3, -0.25) is 0 Å². The van der Waals surface area contributed by atoms with Crippen LogP contribution in [0.5, 0.6) is 5.88 Å². The van der Waals surface area contributed by atoms with Gasteiger partial charge in [-0.2, -0.15) is 5.26 Å². The lowest BCUT2D eigenvalue weighted by Crippen LogP contribution is -2.26. The second-order valence-electron chi connectivity index (χ2n) is 4.00. The molecular weight excluding hydrogens is 218 g/mol. The molecule has 0 saturated carbocycles. The van der Waals surface area contributed by atoms with Crippen LogP contribution in [0, 0.1) is 11.3 Å². The van der Waals surface area contributed by atoms with Gasteiger partial charge in [-0.15, -0.1) is 0 Å². The second-order valence-corrected chi connectivity index (χ2v) is 4.00. The number of aromatic nitrogens is 1. The molecule has 0 aliphatic carbocycles. The molecule has 1 aliphatic heterocycles. The van der Waals surface area contributed by atoms with Crippen molar-refractivity contribution in [3.8, 4) is 11.9 Å². The van der Waals surface area contributed by atoms with Gasteiger partial charge in [-0.1, -0.05) is 0 Å². The third-order valence-electron chi connectivity index (χ3n) is 2.70. The van der Waals surface area contributed by atoms with Crippen molar-refractivity contribution in [1.82, 2.24) is 4.98 Å². The number of nitrogen functional groups attached to an aromatic ring is 1. The Morgan fingerprint density at radius 1 is 1.53 bits per heavy atom. The predicted octanol–water partition coefficient (Wildman–Crippen LogP) is 1.48. The van der Waals surface area contributed by atoms with Crippen LogP contribution in [0.2, 0.25) is 0 Å². The Kier molecular flexibility index (Phi) is 3.78. The van der Waals surface area contributed by atoms with Crippen LogP contribution in [0.3, 0.4) is 0 Å². The van der Waals surface area contributed by atoms with E-state index >= 15 is 0 Å². The van der Waals surface area contributed by atoms with Crippen LogP contribution in [0.1, 0.15) is 25.0 Å². The van der Waals surface area contributed by atoms with Gasteiger partial charge >= 0.3 is 0 Å². The molecule has 1 unspecified atom stereocenters. The van der Waals surface area contributed by atoms with Crippen molar-refractivity contribution in [2.45, 2.75) is 25.4 Å². The molecule has 0 radical (unpaired) electrons. The lowest BCUT2D eigenvalue weighted by atomic mass is 10.1. The Bertz CT molecular complexity index is 422. The van der Waals surface area contributed by atoms with Gasteiger partial charge < -0.3 is 15.2 Å². The van der Waals surface area contributed by atoms with Crippen LogP contribution < -0.4 is 10.5 Å². The number of ether oxygens (including phenoxy) is 2. The van der Waals surface area contributed by atoms with Crippen LogP contribution >= 0.6 is 0 Å². The summed E-state index contributed by atoms with van der Waals surface area (Å²) in [5.74, 6) is 0.421. The quantitative estimate of drug-likeness (QED) is 0.855. The number of hydrogen-bond donors (Lipinski definition) is 1.